The normalized spacial score (nSPS) is 11.3. The summed E-state index contributed by atoms with van der Waals surface area (Å²) in [5.41, 5.74) is 5.05. The maximum Gasteiger partial charge on any atom is 0.224 e. The third kappa shape index (κ3) is 5.18. The van der Waals surface area contributed by atoms with Crippen LogP contribution >= 0.6 is 0 Å². The second-order valence-corrected chi connectivity index (χ2v) is 7.99. The molecule has 0 atom stereocenters. The highest BCUT2D eigenvalue weighted by molar-refractivity contribution is 5.90. The lowest BCUT2D eigenvalue weighted by molar-refractivity contribution is -0.116. The molecule has 0 bridgehead atoms. The Morgan fingerprint density at radius 3 is 2.64 bits per heavy atom. The standard InChI is InChI=1S/C23H30N4O/c1-16(2)10-12-27-21(26-20-7-6-11-24-23(20)27)8-5-9-22(28)25-19-14-17(3)13-18(4)15-19/h6-7,11,13-16H,5,8-10,12H2,1-4H3,(H,25,28). The highest BCUT2D eigenvalue weighted by Gasteiger charge is 2.13. The smallest absolute Gasteiger partial charge is 0.224 e. The van der Waals surface area contributed by atoms with Gasteiger partial charge < -0.3 is 9.88 Å². The summed E-state index contributed by atoms with van der Waals surface area (Å²) in [6.45, 7) is 9.44. The molecule has 0 aliphatic rings. The van der Waals surface area contributed by atoms with Crippen LogP contribution in [0.5, 0.6) is 0 Å². The molecular weight excluding hydrogens is 348 g/mol. The van der Waals surface area contributed by atoms with Crippen molar-refractivity contribution in [2.75, 3.05) is 5.32 Å². The largest absolute Gasteiger partial charge is 0.326 e. The molecule has 0 saturated heterocycles. The first-order valence-corrected chi connectivity index (χ1v) is 10.1. The molecule has 0 unspecified atom stereocenters. The first-order valence-electron chi connectivity index (χ1n) is 10.1. The highest BCUT2D eigenvalue weighted by Crippen LogP contribution is 2.18. The Morgan fingerprint density at radius 2 is 1.93 bits per heavy atom. The second kappa shape index (κ2) is 9.00. The molecule has 5 nitrogen and oxygen atoms in total. The molecule has 3 rings (SSSR count). The summed E-state index contributed by atoms with van der Waals surface area (Å²) < 4.78 is 2.22. The van der Waals surface area contributed by atoms with Crippen LogP contribution in [0.3, 0.4) is 0 Å². The van der Waals surface area contributed by atoms with E-state index in [2.05, 4.69) is 34.8 Å². The van der Waals surface area contributed by atoms with Crippen LogP contribution in [-0.2, 0) is 17.8 Å². The fourth-order valence-electron chi connectivity index (χ4n) is 3.50. The Balaban J connectivity index is 1.63. The summed E-state index contributed by atoms with van der Waals surface area (Å²) in [5, 5.41) is 3.01. The minimum absolute atomic E-state index is 0.0490. The Hall–Kier alpha value is -2.69. The third-order valence-corrected chi connectivity index (χ3v) is 4.82. The Kier molecular flexibility index (Phi) is 6.45. The Morgan fingerprint density at radius 1 is 1.18 bits per heavy atom. The predicted molar refractivity (Wildman–Crippen MR) is 114 cm³/mol. The number of hydrogen-bond donors (Lipinski definition) is 1. The molecule has 2 heterocycles. The molecular formula is C23H30N4O. The van der Waals surface area contributed by atoms with Gasteiger partial charge in [0.25, 0.3) is 0 Å². The van der Waals surface area contributed by atoms with Crippen molar-refractivity contribution in [3.8, 4) is 0 Å². The van der Waals surface area contributed by atoms with Crippen molar-refractivity contribution in [1.82, 2.24) is 14.5 Å². The monoisotopic (exact) mass is 378 g/mol. The fourth-order valence-corrected chi connectivity index (χ4v) is 3.50. The van der Waals surface area contributed by atoms with E-state index >= 15 is 0 Å². The van der Waals surface area contributed by atoms with Gasteiger partial charge in [0.15, 0.2) is 5.65 Å². The van der Waals surface area contributed by atoms with Crippen LogP contribution < -0.4 is 5.32 Å². The van der Waals surface area contributed by atoms with Gasteiger partial charge in [0.1, 0.15) is 11.3 Å². The van der Waals surface area contributed by atoms with Crippen LogP contribution in [-0.4, -0.2) is 20.4 Å². The summed E-state index contributed by atoms with van der Waals surface area (Å²) in [6.07, 6.45) is 4.92. The number of aromatic nitrogens is 3. The number of benzene rings is 1. The van der Waals surface area contributed by atoms with E-state index < -0.39 is 0 Å². The van der Waals surface area contributed by atoms with Crippen LogP contribution in [0.25, 0.3) is 11.2 Å². The average molecular weight is 379 g/mol. The van der Waals surface area contributed by atoms with Gasteiger partial charge in [-0.25, -0.2) is 9.97 Å². The molecule has 0 fully saturated rings. The van der Waals surface area contributed by atoms with E-state index in [9.17, 15) is 4.79 Å². The quantitative estimate of drug-likeness (QED) is 0.596. The SMILES string of the molecule is Cc1cc(C)cc(NC(=O)CCCc2nc3cccnc3n2CCC(C)C)c1. The lowest BCUT2D eigenvalue weighted by Crippen LogP contribution is -2.13. The van der Waals surface area contributed by atoms with Gasteiger partial charge in [0, 0.05) is 31.3 Å². The number of fused-ring (bicyclic) bond motifs is 1. The molecule has 148 valence electrons. The number of nitrogens with one attached hydrogen (secondary N) is 1. The number of aryl methyl sites for hydroxylation is 4. The van der Waals surface area contributed by atoms with Gasteiger partial charge in [0.2, 0.25) is 5.91 Å². The third-order valence-electron chi connectivity index (χ3n) is 4.82. The number of nitrogens with zero attached hydrogens (tertiary/aromatic N) is 3. The van der Waals surface area contributed by atoms with Gasteiger partial charge in [0.05, 0.1) is 0 Å². The molecule has 1 amide bonds. The van der Waals surface area contributed by atoms with Crippen molar-refractivity contribution in [2.45, 2.75) is 59.9 Å². The van der Waals surface area contributed by atoms with E-state index in [0.717, 1.165) is 59.6 Å². The number of carbonyl (C=O) groups excluding carboxylic acids is 1. The van der Waals surface area contributed by atoms with Crippen LogP contribution in [0, 0.1) is 19.8 Å². The molecule has 1 aromatic carbocycles. The minimum atomic E-state index is 0.0490. The van der Waals surface area contributed by atoms with Gasteiger partial charge in [-0.2, -0.15) is 0 Å². The maximum absolute atomic E-state index is 12.3. The predicted octanol–water partition coefficient (Wildman–Crippen LogP) is 5.06. The second-order valence-electron chi connectivity index (χ2n) is 7.99. The van der Waals surface area contributed by atoms with E-state index in [4.69, 9.17) is 4.98 Å². The molecule has 28 heavy (non-hydrogen) atoms. The number of imidazole rings is 1. The molecule has 3 aromatic rings. The average Bonchev–Trinajstić information content (AvgIpc) is 2.96. The number of carbonyl (C=O) groups is 1. The van der Waals surface area contributed by atoms with Crippen molar-refractivity contribution in [3.63, 3.8) is 0 Å². The summed E-state index contributed by atoms with van der Waals surface area (Å²) >= 11 is 0. The Bertz CT molecular complexity index is 938. The Labute approximate surface area is 167 Å². The van der Waals surface area contributed by atoms with Crippen LogP contribution in [0.15, 0.2) is 36.5 Å². The highest BCUT2D eigenvalue weighted by atomic mass is 16.1. The first-order chi connectivity index (χ1) is 13.4. The fraction of sp³-hybridized carbons (Fsp3) is 0.435. The molecule has 0 radical (unpaired) electrons. The van der Waals surface area contributed by atoms with Gasteiger partial charge in [-0.1, -0.05) is 19.9 Å². The molecule has 0 aliphatic heterocycles. The number of hydrogen-bond acceptors (Lipinski definition) is 3. The van der Waals surface area contributed by atoms with Crippen LogP contribution in [0.1, 0.15) is 50.1 Å². The molecule has 2 aromatic heterocycles. The van der Waals surface area contributed by atoms with Crippen LogP contribution in [0.2, 0.25) is 0 Å². The van der Waals surface area contributed by atoms with Crippen molar-refractivity contribution in [3.05, 3.63) is 53.5 Å². The lowest BCUT2D eigenvalue weighted by atomic mass is 10.1. The van der Waals surface area contributed by atoms with E-state index in [1.54, 1.807) is 0 Å². The zero-order chi connectivity index (χ0) is 20.1. The van der Waals surface area contributed by atoms with Gasteiger partial charge >= 0.3 is 0 Å². The molecule has 0 spiro atoms. The number of anilines is 1. The van der Waals surface area contributed by atoms with E-state index in [1.165, 1.54) is 0 Å². The summed E-state index contributed by atoms with van der Waals surface area (Å²) in [4.78, 5) is 21.6. The van der Waals surface area contributed by atoms with Crippen molar-refractivity contribution < 1.29 is 4.79 Å². The summed E-state index contributed by atoms with van der Waals surface area (Å²) in [5.74, 6) is 1.69. The topological polar surface area (TPSA) is 59.8 Å². The number of pyridine rings is 1. The van der Waals surface area contributed by atoms with Crippen molar-refractivity contribution >= 4 is 22.8 Å². The summed E-state index contributed by atoms with van der Waals surface area (Å²) in [7, 11) is 0. The summed E-state index contributed by atoms with van der Waals surface area (Å²) in [6, 6.07) is 10.0. The molecule has 0 aliphatic carbocycles. The molecule has 0 saturated carbocycles. The maximum atomic E-state index is 12.3. The van der Waals surface area contributed by atoms with Crippen molar-refractivity contribution in [2.24, 2.45) is 5.92 Å². The first kappa shape index (κ1) is 20.1. The number of rotatable bonds is 8. The lowest BCUT2D eigenvalue weighted by Gasteiger charge is -2.11. The van der Waals surface area contributed by atoms with Crippen molar-refractivity contribution in [1.29, 1.82) is 0 Å². The van der Waals surface area contributed by atoms with Gasteiger partial charge in [-0.05, 0) is 68.0 Å². The zero-order valence-corrected chi connectivity index (χ0v) is 17.3. The van der Waals surface area contributed by atoms with E-state index in [0.29, 0.717) is 12.3 Å². The minimum Gasteiger partial charge on any atom is -0.326 e. The van der Waals surface area contributed by atoms with Gasteiger partial charge in [-0.3, -0.25) is 4.79 Å². The zero-order valence-electron chi connectivity index (χ0n) is 17.3. The van der Waals surface area contributed by atoms with Crippen LogP contribution in [0.4, 0.5) is 5.69 Å². The molecule has 1 N–H and O–H groups in total. The van der Waals surface area contributed by atoms with E-state index in [1.807, 2.05) is 44.3 Å². The van der Waals surface area contributed by atoms with Gasteiger partial charge in [-0.15, -0.1) is 0 Å². The molecule has 5 heteroatoms. The van der Waals surface area contributed by atoms with E-state index in [-0.39, 0.29) is 5.91 Å². The number of amides is 1.